The number of carbonyl (C=O) groups excluding carboxylic acids is 1. The number of hydrogen-bond acceptors (Lipinski definition) is 4. The SMILES string of the molecule is CCC(C(C)C)C1CCC2OC(=O)COC2CC(C)O1. The molecule has 0 N–H and O–H groups in total. The Bertz CT molecular complexity index is 328. The van der Waals surface area contributed by atoms with Crippen LogP contribution >= 0.6 is 0 Å². The molecular weight excluding hydrogens is 256 g/mol. The molecule has 0 saturated carbocycles. The number of esters is 1. The van der Waals surface area contributed by atoms with Crippen LogP contribution in [-0.4, -0.2) is 37.0 Å². The molecule has 0 aromatic heterocycles. The van der Waals surface area contributed by atoms with Gasteiger partial charge in [-0.05, 0) is 31.6 Å². The van der Waals surface area contributed by atoms with Crippen molar-refractivity contribution in [3.8, 4) is 0 Å². The maximum Gasteiger partial charge on any atom is 0.332 e. The smallest absolute Gasteiger partial charge is 0.332 e. The summed E-state index contributed by atoms with van der Waals surface area (Å²) in [5.74, 6) is 0.944. The van der Waals surface area contributed by atoms with Gasteiger partial charge in [0, 0.05) is 6.42 Å². The van der Waals surface area contributed by atoms with Gasteiger partial charge in [-0.25, -0.2) is 4.79 Å². The van der Waals surface area contributed by atoms with Gasteiger partial charge < -0.3 is 14.2 Å². The molecule has 2 aliphatic heterocycles. The Morgan fingerprint density at radius 3 is 2.65 bits per heavy atom. The first-order chi connectivity index (χ1) is 9.51. The normalized spacial score (nSPS) is 36.8. The highest BCUT2D eigenvalue weighted by Gasteiger charge is 2.37. The van der Waals surface area contributed by atoms with Gasteiger partial charge in [-0.3, -0.25) is 0 Å². The van der Waals surface area contributed by atoms with Crippen molar-refractivity contribution in [2.45, 2.75) is 77.8 Å². The van der Waals surface area contributed by atoms with Gasteiger partial charge in [-0.2, -0.15) is 0 Å². The third-order valence-corrected chi connectivity index (χ3v) is 4.63. The Hall–Kier alpha value is -0.610. The molecule has 116 valence electrons. The molecule has 4 heteroatoms. The fourth-order valence-corrected chi connectivity index (χ4v) is 3.58. The number of hydrogen-bond donors (Lipinski definition) is 0. The minimum Gasteiger partial charge on any atom is -0.458 e. The van der Waals surface area contributed by atoms with Gasteiger partial charge in [-0.1, -0.05) is 27.2 Å². The van der Waals surface area contributed by atoms with Gasteiger partial charge in [0.15, 0.2) is 0 Å². The monoisotopic (exact) mass is 284 g/mol. The molecule has 0 radical (unpaired) electrons. The van der Waals surface area contributed by atoms with Gasteiger partial charge in [0.1, 0.15) is 12.7 Å². The van der Waals surface area contributed by atoms with Crippen LogP contribution in [-0.2, 0) is 19.0 Å². The van der Waals surface area contributed by atoms with Gasteiger partial charge in [-0.15, -0.1) is 0 Å². The standard InChI is InChI=1S/C16H28O4/c1-5-12(10(2)3)13-6-7-14-15(8-11(4)19-13)18-9-16(17)20-14/h10-15H,5-9H2,1-4H3. The van der Waals surface area contributed by atoms with Crippen molar-refractivity contribution >= 4 is 5.97 Å². The molecule has 5 unspecified atom stereocenters. The molecule has 0 amide bonds. The summed E-state index contributed by atoms with van der Waals surface area (Å²) in [6.45, 7) is 8.92. The van der Waals surface area contributed by atoms with Crippen molar-refractivity contribution in [2.24, 2.45) is 11.8 Å². The lowest BCUT2D eigenvalue weighted by molar-refractivity contribution is -0.196. The van der Waals surface area contributed by atoms with Crippen LogP contribution in [0.5, 0.6) is 0 Å². The number of rotatable bonds is 3. The average Bonchev–Trinajstić information content (AvgIpc) is 2.36. The highest BCUT2D eigenvalue weighted by Crippen LogP contribution is 2.32. The second kappa shape index (κ2) is 6.90. The molecule has 0 aromatic carbocycles. The molecule has 0 spiro atoms. The number of ether oxygens (including phenoxy) is 3. The molecule has 0 bridgehead atoms. The second-order valence-corrected chi connectivity index (χ2v) is 6.49. The Morgan fingerprint density at radius 2 is 2.00 bits per heavy atom. The lowest BCUT2D eigenvalue weighted by Gasteiger charge is -2.39. The molecule has 0 aromatic rings. The van der Waals surface area contributed by atoms with E-state index in [2.05, 4.69) is 27.7 Å². The number of fused-ring (bicyclic) bond motifs is 1. The van der Waals surface area contributed by atoms with Crippen LogP contribution in [0.25, 0.3) is 0 Å². The van der Waals surface area contributed by atoms with E-state index in [1.165, 1.54) is 0 Å². The Balaban J connectivity index is 2.04. The minimum absolute atomic E-state index is 0.00257. The van der Waals surface area contributed by atoms with Crippen molar-refractivity contribution < 1.29 is 19.0 Å². The summed E-state index contributed by atoms with van der Waals surface area (Å²) in [6.07, 6.45) is 4.05. The van der Waals surface area contributed by atoms with Gasteiger partial charge in [0.25, 0.3) is 0 Å². The summed E-state index contributed by atoms with van der Waals surface area (Å²) >= 11 is 0. The van der Waals surface area contributed by atoms with E-state index >= 15 is 0 Å². The summed E-state index contributed by atoms with van der Waals surface area (Å²) in [5.41, 5.74) is 0. The zero-order chi connectivity index (χ0) is 14.7. The first-order valence-electron chi connectivity index (χ1n) is 7.97. The van der Waals surface area contributed by atoms with Crippen LogP contribution in [0.4, 0.5) is 0 Å². The van der Waals surface area contributed by atoms with E-state index in [1.807, 2.05) is 0 Å². The van der Waals surface area contributed by atoms with E-state index in [-0.39, 0.29) is 37.0 Å². The Morgan fingerprint density at radius 1 is 1.25 bits per heavy atom. The van der Waals surface area contributed by atoms with Gasteiger partial charge >= 0.3 is 5.97 Å². The maximum atomic E-state index is 11.4. The van der Waals surface area contributed by atoms with Gasteiger partial charge in [0.05, 0.1) is 18.3 Å². The average molecular weight is 284 g/mol. The van der Waals surface area contributed by atoms with Crippen molar-refractivity contribution in [2.75, 3.05) is 6.61 Å². The summed E-state index contributed by atoms with van der Waals surface area (Å²) in [6, 6.07) is 0. The molecular formula is C16H28O4. The Labute approximate surface area is 122 Å². The number of carbonyl (C=O) groups is 1. The molecule has 2 saturated heterocycles. The minimum atomic E-state index is -0.229. The highest BCUT2D eigenvalue weighted by atomic mass is 16.6. The van der Waals surface area contributed by atoms with E-state index < -0.39 is 0 Å². The second-order valence-electron chi connectivity index (χ2n) is 6.49. The molecule has 20 heavy (non-hydrogen) atoms. The molecule has 5 atom stereocenters. The van der Waals surface area contributed by atoms with Crippen LogP contribution in [0.15, 0.2) is 0 Å². The van der Waals surface area contributed by atoms with E-state index in [4.69, 9.17) is 14.2 Å². The lowest BCUT2D eigenvalue weighted by Crippen LogP contribution is -2.46. The fraction of sp³-hybridized carbons (Fsp3) is 0.938. The first kappa shape index (κ1) is 15.8. The van der Waals surface area contributed by atoms with E-state index in [9.17, 15) is 4.79 Å². The summed E-state index contributed by atoms with van der Waals surface area (Å²) in [4.78, 5) is 11.4. The van der Waals surface area contributed by atoms with Crippen LogP contribution in [0.1, 0.15) is 53.4 Å². The Kier molecular flexibility index (Phi) is 5.44. The quantitative estimate of drug-likeness (QED) is 0.747. The van der Waals surface area contributed by atoms with Gasteiger partial charge in [0.2, 0.25) is 0 Å². The third kappa shape index (κ3) is 3.73. The first-order valence-corrected chi connectivity index (χ1v) is 7.97. The van der Waals surface area contributed by atoms with Crippen LogP contribution in [0.2, 0.25) is 0 Å². The third-order valence-electron chi connectivity index (χ3n) is 4.63. The van der Waals surface area contributed by atoms with Crippen LogP contribution in [0, 0.1) is 11.8 Å². The zero-order valence-electron chi connectivity index (χ0n) is 13.1. The predicted molar refractivity (Wildman–Crippen MR) is 76.4 cm³/mol. The maximum absolute atomic E-state index is 11.4. The van der Waals surface area contributed by atoms with Crippen molar-refractivity contribution in [1.82, 2.24) is 0 Å². The largest absolute Gasteiger partial charge is 0.458 e. The van der Waals surface area contributed by atoms with Crippen molar-refractivity contribution in [1.29, 1.82) is 0 Å². The molecule has 4 nitrogen and oxygen atoms in total. The highest BCUT2D eigenvalue weighted by molar-refractivity contribution is 5.71. The lowest BCUT2D eigenvalue weighted by atomic mass is 9.84. The van der Waals surface area contributed by atoms with E-state index in [1.54, 1.807) is 0 Å². The molecule has 2 rings (SSSR count). The summed E-state index contributed by atoms with van der Waals surface area (Å²) in [5, 5.41) is 0. The van der Waals surface area contributed by atoms with E-state index in [0.717, 1.165) is 25.7 Å². The molecule has 2 aliphatic rings. The molecule has 0 aliphatic carbocycles. The predicted octanol–water partition coefficient (Wildman–Crippen LogP) is 2.94. The molecule has 2 fully saturated rings. The topological polar surface area (TPSA) is 44.8 Å². The molecule has 2 heterocycles. The van der Waals surface area contributed by atoms with Crippen molar-refractivity contribution in [3.63, 3.8) is 0 Å². The van der Waals surface area contributed by atoms with Crippen LogP contribution in [0.3, 0.4) is 0 Å². The van der Waals surface area contributed by atoms with E-state index in [0.29, 0.717) is 11.8 Å². The fourth-order valence-electron chi connectivity index (χ4n) is 3.58. The summed E-state index contributed by atoms with van der Waals surface area (Å²) < 4.78 is 17.4. The zero-order valence-corrected chi connectivity index (χ0v) is 13.1. The van der Waals surface area contributed by atoms with Crippen LogP contribution < -0.4 is 0 Å². The summed E-state index contributed by atoms with van der Waals surface area (Å²) in [7, 11) is 0. The van der Waals surface area contributed by atoms with Crippen molar-refractivity contribution in [3.05, 3.63) is 0 Å².